The molecule has 2 aromatic heterocycles. The summed E-state index contributed by atoms with van der Waals surface area (Å²) >= 11 is 0. The molecule has 140 valence electrons. The number of imidazole rings is 2. The van der Waals surface area contributed by atoms with Gasteiger partial charge in [-0.3, -0.25) is 14.5 Å². The molecular formula is C15H25N5O5. The van der Waals surface area contributed by atoms with Crippen LogP contribution in [0.5, 0.6) is 0 Å². The highest BCUT2D eigenvalue weighted by molar-refractivity contribution is 5.33. The van der Waals surface area contributed by atoms with E-state index in [1.165, 1.54) is 0 Å². The Kier molecular flexibility index (Phi) is 12.2. The Labute approximate surface area is 145 Å². The molecule has 2 aromatic rings. The van der Waals surface area contributed by atoms with E-state index in [0.717, 1.165) is 29.5 Å². The maximum Gasteiger partial charge on any atom is 0.290 e. The van der Waals surface area contributed by atoms with E-state index in [-0.39, 0.29) is 19.6 Å². The van der Waals surface area contributed by atoms with Crippen molar-refractivity contribution in [1.29, 1.82) is 0 Å². The Morgan fingerprint density at radius 1 is 1.20 bits per heavy atom. The number of hydrogen-bond donors (Lipinski definition) is 5. The molecule has 0 fully saturated rings. The van der Waals surface area contributed by atoms with Crippen LogP contribution in [-0.4, -0.2) is 66.3 Å². The quantitative estimate of drug-likeness (QED) is 0.447. The zero-order valence-corrected chi connectivity index (χ0v) is 14.3. The summed E-state index contributed by atoms with van der Waals surface area (Å²) in [6.45, 7) is 5.74. The lowest BCUT2D eigenvalue weighted by Crippen LogP contribution is -2.27. The summed E-state index contributed by atoms with van der Waals surface area (Å²) in [4.78, 5) is 34.0. The van der Waals surface area contributed by atoms with Crippen LogP contribution in [0, 0.1) is 6.92 Å². The first kappa shape index (κ1) is 22.3. The first-order valence-corrected chi connectivity index (χ1v) is 7.57. The smallest absolute Gasteiger partial charge is 0.290 e. The molecule has 5 N–H and O–H groups in total. The third-order valence-electron chi connectivity index (χ3n) is 3.09. The van der Waals surface area contributed by atoms with Crippen LogP contribution >= 0.6 is 0 Å². The van der Waals surface area contributed by atoms with Gasteiger partial charge in [0.1, 0.15) is 11.6 Å². The van der Waals surface area contributed by atoms with Gasteiger partial charge in [0.25, 0.3) is 12.9 Å². The van der Waals surface area contributed by atoms with E-state index in [4.69, 9.17) is 24.9 Å². The summed E-state index contributed by atoms with van der Waals surface area (Å²) < 4.78 is 0. The lowest BCUT2D eigenvalue weighted by Gasteiger charge is -2.19. The summed E-state index contributed by atoms with van der Waals surface area (Å²) in [5, 5.41) is 22.9. The van der Waals surface area contributed by atoms with Crippen LogP contribution in [0.3, 0.4) is 0 Å². The van der Waals surface area contributed by atoms with E-state index in [2.05, 4.69) is 31.8 Å². The van der Waals surface area contributed by atoms with Gasteiger partial charge in [0.15, 0.2) is 0 Å². The van der Waals surface area contributed by atoms with Gasteiger partial charge in [-0.05, 0) is 6.92 Å². The molecule has 0 saturated carbocycles. The molecule has 0 saturated heterocycles. The van der Waals surface area contributed by atoms with Gasteiger partial charge in [-0.25, -0.2) is 9.97 Å². The standard InChI is InChI=1S/C13H21N5O.2CH2O2/c1-3-12-16-10(2)11(17-12)8-18(6-7-19)9-13-14-4-5-15-13;2*2-1-3/h4-5,19H,3,6-9H2,1-2H3,(H,14,15)(H,16,17);2*1H,(H,2,3). The molecule has 0 unspecified atom stereocenters. The lowest BCUT2D eigenvalue weighted by molar-refractivity contribution is -0.123. The minimum Gasteiger partial charge on any atom is -0.483 e. The minimum absolute atomic E-state index is 0.130. The van der Waals surface area contributed by atoms with Gasteiger partial charge < -0.3 is 25.3 Å². The zero-order valence-electron chi connectivity index (χ0n) is 14.3. The van der Waals surface area contributed by atoms with Crippen molar-refractivity contribution < 1.29 is 24.9 Å². The average Bonchev–Trinajstić information content (AvgIpc) is 3.19. The number of aromatic nitrogens is 4. The van der Waals surface area contributed by atoms with E-state index in [0.29, 0.717) is 19.6 Å². The molecule has 0 radical (unpaired) electrons. The van der Waals surface area contributed by atoms with Crippen LogP contribution in [0.15, 0.2) is 12.4 Å². The molecule has 0 aromatic carbocycles. The Morgan fingerprint density at radius 3 is 2.28 bits per heavy atom. The third kappa shape index (κ3) is 9.23. The lowest BCUT2D eigenvalue weighted by atomic mass is 10.3. The number of nitrogens with zero attached hydrogens (tertiary/aromatic N) is 3. The van der Waals surface area contributed by atoms with Crippen molar-refractivity contribution in [2.75, 3.05) is 13.2 Å². The maximum absolute atomic E-state index is 9.16. The number of aliphatic hydroxyl groups excluding tert-OH is 1. The van der Waals surface area contributed by atoms with Crippen molar-refractivity contribution >= 4 is 12.9 Å². The number of aromatic amines is 2. The molecule has 0 aliphatic rings. The Hall–Kier alpha value is -2.72. The summed E-state index contributed by atoms with van der Waals surface area (Å²) in [5.41, 5.74) is 2.14. The Balaban J connectivity index is 0.000000844. The van der Waals surface area contributed by atoms with Crippen LogP contribution in [0.2, 0.25) is 0 Å². The second kappa shape index (κ2) is 13.7. The zero-order chi connectivity index (χ0) is 19.1. The van der Waals surface area contributed by atoms with Crippen LogP contribution < -0.4 is 0 Å². The monoisotopic (exact) mass is 355 g/mol. The van der Waals surface area contributed by atoms with Crippen LogP contribution in [-0.2, 0) is 29.1 Å². The van der Waals surface area contributed by atoms with Crippen LogP contribution in [0.25, 0.3) is 0 Å². The number of nitrogens with one attached hydrogen (secondary N) is 2. The fraction of sp³-hybridized carbons (Fsp3) is 0.467. The number of carboxylic acid groups (broad SMARTS) is 2. The normalized spacial score (nSPS) is 9.60. The fourth-order valence-electron chi connectivity index (χ4n) is 2.05. The van der Waals surface area contributed by atoms with Crippen LogP contribution in [0.4, 0.5) is 0 Å². The molecule has 25 heavy (non-hydrogen) atoms. The highest BCUT2D eigenvalue weighted by atomic mass is 16.3. The Bertz CT molecular complexity index is 579. The summed E-state index contributed by atoms with van der Waals surface area (Å²) in [6.07, 6.45) is 4.45. The van der Waals surface area contributed by atoms with Crippen LogP contribution in [0.1, 0.15) is 30.0 Å². The largest absolute Gasteiger partial charge is 0.483 e. The molecule has 0 aliphatic heterocycles. The molecule has 2 rings (SSSR count). The van der Waals surface area contributed by atoms with Crippen molar-refractivity contribution in [1.82, 2.24) is 24.8 Å². The minimum atomic E-state index is -0.250. The third-order valence-corrected chi connectivity index (χ3v) is 3.09. The molecule has 0 aliphatic carbocycles. The number of hydrogen-bond acceptors (Lipinski definition) is 6. The van der Waals surface area contributed by atoms with Gasteiger partial charge in [0.05, 0.1) is 18.8 Å². The summed E-state index contributed by atoms with van der Waals surface area (Å²) in [7, 11) is 0. The molecule has 10 nitrogen and oxygen atoms in total. The summed E-state index contributed by atoms with van der Waals surface area (Å²) in [6, 6.07) is 0. The highest BCUT2D eigenvalue weighted by Gasteiger charge is 2.12. The van der Waals surface area contributed by atoms with E-state index in [1.807, 2.05) is 6.92 Å². The van der Waals surface area contributed by atoms with Gasteiger partial charge >= 0.3 is 0 Å². The molecule has 0 bridgehead atoms. The summed E-state index contributed by atoms with van der Waals surface area (Å²) in [5.74, 6) is 1.91. The number of rotatable bonds is 7. The van der Waals surface area contributed by atoms with Gasteiger partial charge in [-0.1, -0.05) is 6.92 Å². The molecule has 10 heteroatoms. The second-order valence-corrected chi connectivity index (χ2v) is 4.79. The molecule has 0 atom stereocenters. The van der Waals surface area contributed by atoms with Crippen molar-refractivity contribution in [2.45, 2.75) is 33.4 Å². The number of carbonyl (C=O) groups is 2. The maximum atomic E-state index is 9.16. The topological polar surface area (TPSA) is 155 Å². The SMILES string of the molecule is CCc1nc(CN(CCO)Cc2ncc[nH]2)c(C)[nH]1.O=CO.O=CO. The van der Waals surface area contributed by atoms with Crippen molar-refractivity contribution in [3.05, 3.63) is 35.4 Å². The van der Waals surface area contributed by atoms with Gasteiger partial charge in [-0.2, -0.15) is 0 Å². The average molecular weight is 355 g/mol. The molecule has 2 heterocycles. The van der Waals surface area contributed by atoms with E-state index >= 15 is 0 Å². The first-order valence-electron chi connectivity index (χ1n) is 7.57. The highest BCUT2D eigenvalue weighted by Crippen LogP contribution is 2.10. The number of aliphatic hydroxyl groups is 1. The van der Waals surface area contributed by atoms with E-state index in [1.54, 1.807) is 12.4 Å². The van der Waals surface area contributed by atoms with Gasteiger partial charge in [0.2, 0.25) is 0 Å². The fourth-order valence-corrected chi connectivity index (χ4v) is 2.05. The number of aryl methyl sites for hydroxylation is 2. The van der Waals surface area contributed by atoms with Crippen molar-refractivity contribution in [3.8, 4) is 0 Å². The van der Waals surface area contributed by atoms with Crippen molar-refractivity contribution in [2.24, 2.45) is 0 Å². The molecular weight excluding hydrogens is 330 g/mol. The van der Waals surface area contributed by atoms with Crippen molar-refractivity contribution in [3.63, 3.8) is 0 Å². The van der Waals surface area contributed by atoms with Gasteiger partial charge in [0, 0.05) is 37.6 Å². The second-order valence-electron chi connectivity index (χ2n) is 4.79. The predicted molar refractivity (Wildman–Crippen MR) is 89.9 cm³/mol. The van der Waals surface area contributed by atoms with Gasteiger partial charge in [-0.15, -0.1) is 0 Å². The van der Waals surface area contributed by atoms with E-state index < -0.39 is 0 Å². The molecule has 0 amide bonds. The molecule has 0 spiro atoms. The first-order chi connectivity index (χ1) is 12.1. The Morgan fingerprint density at radius 2 is 1.84 bits per heavy atom. The number of H-pyrrole nitrogens is 2. The predicted octanol–water partition coefficient (Wildman–Crippen LogP) is 0.400. The van der Waals surface area contributed by atoms with E-state index in [9.17, 15) is 0 Å².